The second-order valence-electron chi connectivity index (χ2n) is 4.93. The smallest absolute Gasteiger partial charge is 0.202 e. The van der Waals surface area contributed by atoms with Crippen molar-refractivity contribution in [3.8, 4) is 0 Å². The van der Waals surface area contributed by atoms with Gasteiger partial charge in [-0.05, 0) is 26.2 Å². The fourth-order valence-corrected chi connectivity index (χ4v) is 2.17. The molecule has 0 aromatic carbocycles. The molecule has 21 heavy (non-hydrogen) atoms. The minimum atomic E-state index is 0.783. The molecular weight excluding hydrogens is 266 g/mol. The normalized spacial score (nSPS) is 10.9. The SMILES string of the molecule is CCOCCCNc1nccn1CCCCn1ccnc1. The summed E-state index contributed by atoms with van der Waals surface area (Å²) in [6, 6.07) is 0. The van der Waals surface area contributed by atoms with Crippen LogP contribution < -0.4 is 5.32 Å². The van der Waals surface area contributed by atoms with E-state index < -0.39 is 0 Å². The van der Waals surface area contributed by atoms with Crippen LogP contribution in [0.5, 0.6) is 0 Å². The van der Waals surface area contributed by atoms with E-state index >= 15 is 0 Å². The van der Waals surface area contributed by atoms with Crippen LogP contribution in [0.4, 0.5) is 5.95 Å². The first-order chi connectivity index (χ1) is 10.4. The van der Waals surface area contributed by atoms with Crippen LogP contribution in [0.15, 0.2) is 31.1 Å². The Bertz CT molecular complexity index is 480. The highest BCUT2D eigenvalue weighted by Gasteiger charge is 2.01. The second kappa shape index (κ2) is 9.18. The summed E-state index contributed by atoms with van der Waals surface area (Å²) in [7, 11) is 0. The summed E-state index contributed by atoms with van der Waals surface area (Å²) in [5.74, 6) is 0.953. The zero-order valence-electron chi connectivity index (χ0n) is 12.7. The van der Waals surface area contributed by atoms with E-state index in [9.17, 15) is 0 Å². The molecule has 0 fully saturated rings. The molecule has 0 spiro atoms. The van der Waals surface area contributed by atoms with Gasteiger partial charge >= 0.3 is 0 Å². The predicted molar refractivity (Wildman–Crippen MR) is 83.3 cm³/mol. The fraction of sp³-hybridized carbons (Fsp3) is 0.600. The number of nitrogens with one attached hydrogen (secondary N) is 1. The van der Waals surface area contributed by atoms with E-state index in [1.54, 1.807) is 0 Å². The molecule has 2 heterocycles. The molecule has 0 aliphatic heterocycles. The molecule has 0 unspecified atom stereocenters. The highest BCUT2D eigenvalue weighted by Crippen LogP contribution is 2.07. The van der Waals surface area contributed by atoms with Crippen LogP contribution in [0.1, 0.15) is 26.2 Å². The van der Waals surface area contributed by atoms with Crippen molar-refractivity contribution < 1.29 is 4.74 Å². The Labute approximate surface area is 126 Å². The van der Waals surface area contributed by atoms with Crippen molar-refractivity contribution in [2.24, 2.45) is 0 Å². The molecule has 0 saturated heterocycles. The van der Waals surface area contributed by atoms with Gasteiger partial charge in [0.2, 0.25) is 5.95 Å². The zero-order valence-corrected chi connectivity index (χ0v) is 12.7. The van der Waals surface area contributed by atoms with E-state index in [1.165, 1.54) is 0 Å². The second-order valence-corrected chi connectivity index (χ2v) is 4.93. The molecule has 2 aromatic heterocycles. The number of ether oxygens (including phenoxy) is 1. The van der Waals surface area contributed by atoms with Crippen LogP contribution in [0.2, 0.25) is 0 Å². The molecule has 0 aliphatic rings. The Balaban J connectivity index is 1.63. The lowest BCUT2D eigenvalue weighted by molar-refractivity contribution is 0.147. The number of unbranched alkanes of at least 4 members (excludes halogenated alkanes) is 1. The highest BCUT2D eigenvalue weighted by atomic mass is 16.5. The van der Waals surface area contributed by atoms with Gasteiger partial charge in [-0.25, -0.2) is 9.97 Å². The van der Waals surface area contributed by atoms with Gasteiger partial charge in [-0.15, -0.1) is 0 Å². The summed E-state index contributed by atoms with van der Waals surface area (Å²) in [4.78, 5) is 8.41. The van der Waals surface area contributed by atoms with Crippen LogP contribution in [-0.2, 0) is 17.8 Å². The van der Waals surface area contributed by atoms with Gasteiger partial charge in [-0.1, -0.05) is 0 Å². The maximum atomic E-state index is 5.32. The number of hydrogen-bond donors (Lipinski definition) is 1. The van der Waals surface area contributed by atoms with Crippen LogP contribution >= 0.6 is 0 Å². The predicted octanol–water partition coefficient (Wildman–Crippen LogP) is 2.40. The van der Waals surface area contributed by atoms with Gasteiger partial charge in [0.15, 0.2) is 0 Å². The van der Waals surface area contributed by atoms with Crippen LogP contribution in [-0.4, -0.2) is 38.9 Å². The summed E-state index contributed by atoms with van der Waals surface area (Å²) in [5, 5.41) is 3.36. The topological polar surface area (TPSA) is 56.9 Å². The van der Waals surface area contributed by atoms with Crippen molar-refractivity contribution in [2.45, 2.75) is 39.3 Å². The Kier molecular flexibility index (Phi) is 6.80. The van der Waals surface area contributed by atoms with Crippen molar-refractivity contribution in [3.63, 3.8) is 0 Å². The lowest BCUT2D eigenvalue weighted by atomic mass is 10.3. The van der Waals surface area contributed by atoms with Gasteiger partial charge in [0.05, 0.1) is 6.33 Å². The summed E-state index contributed by atoms with van der Waals surface area (Å²) in [6.45, 7) is 6.50. The summed E-state index contributed by atoms with van der Waals surface area (Å²) in [6.07, 6.45) is 12.8. The van der Waals surface area contributed by atoms with Gasteiger partial charge in [-0.3, -0.25) is 0 Å². The van der Waals surface area contributed by atoms with E-state index in [1.807, 2.05) is 38.0 Å². The third kappa shape index (κ3) is 5.59. The Morgan fingerprint density at radius 2 is 2.05 bits per heavy atom. The largest absolute Gasteiger partial charge is 0.382 e. The van der Waals surface area contributed by atoms with Crippen molar-refractivity contribution in [1.29, 1.82) is 0 Å². The number of aromatic nitrogens is 4. The standard InChI is InChI=1S/C15H25N5O/c1-2-21-13-5-6-17-15-18-8-12-20(15)10-4-3-9-19-11-7-16-14-19/h7-8,11-12,14H,2-6,9-10,13H2,1H3,(H,17,18). The van der Waals surface area contributed by atoms with Gasteiger partial charge in [0.25, 0.3) is 0 Å². The van der Waals surface area contributed by atoms with E-state index in [2.05, 4.69) is 24.4 Å². The van der Waals surface area contributed by atoms with Crippen molar-refractivity contribution in [2.75, 3.05) is 25.1 Å². The number of aryl methyl sites for hydroxylation is 2. The molecule has 0 saturated carbocycles. The lowest BCUT2D eigenvalue weighted by Crippen LogP contribution is -2.11. The third-order valence-electron chi connectivity index (χ3n) is 3.29. The molecule has 2 rings (SSSR count). The van der Waals surface area contributed by atoms with Gasteiger partial charge in [-0.2, -0.15) is 0 Å². The van der Waals surface area contributed by atoms with Crippen molar-refractivity contribution in [3.05, 3.63) is 31.1 Å². The van der Waals surface area contributed by atoms with Gasteiger partial charge < -0.3 is 19.2 Å². The molecule has 0 atom stereocenters. The number of rotatable bonds is 11. The summed E-state index contributed by atoms with van der Waals surface area (Å²) >= 11 is 0. The molecule has 1 N–H and O–H groups in total. The zero-order chi connectivity index (χ0) is 14.8. The summed E-state index contributed by atoms with van der Waals surface area (Å²) < 4.78 is 9.61. The highest BCUT2D eigenvalue weighted by molar-refractivity contribution is 5.25. The third-order valence-corrected chi connectivity index (χ3v) is 3.29. The number of nitrogens with zero attached hydrogens (tertiary/aromatic N) is 4. The molecule has 2 aromatic rings. The van der Waals surface area contributed by atoms with E-state index in [0.717, 1.165) is 58.1 Å². The van der Waals surface area contributed by atoms with Crippen molar-refractivity contribution in [1.82, 2.24) is 19.1 Å². The number of anilines is 1. The van der Waals surface area contributed by atoms with Crippen LogP contribution in [0.3, 0.4) is 0 Å². The van der Waals surface area contributed by atoms with E-state index in [-0.39, 0.29) is 0 Å². The molecule has 116 valence electrons. The van der Waals surface area contributed by atoms with Crippen LogP contribution in [0, 0.1) is 0 Å². The van der Waals surface area contributed by atoms with E-state index in [4.69, 9.17) is 4.74 Å². The molecule has 0 amide bonds. The van der Waals surface area contributed by atoms with E-state index in [0.29, 0.717) is 0 Å². The minimum absolute atomic E-state index is 0.783. The number of hydrogen-bond acceptors (Lipinski definition) is 4. The molecule has 6 heteroatoms. The first-order valence-electron chi connectivity index (χ1n) is 7.68. The van der Waals surface area contributed by atoms with Gasteiger partial charge in [0.1, 0.15) is 0 Å². The minimum Gasteiger partial charge on any atom is -0.382 e. The first kappa shape index (κ1) is 15.6. The Morgan fingerprint density at radius 1 is 1.14 bits per heavy atom. The maximum Gasteiger partial charge on any atom is 0.202 e. The Morgan fingerprint density at radius 3 is 2.86 bits per heavy atom. The molecule has 6 nitrogen and oxygen atoms in total. The van der Waals surface area contributed by atoms with Crippen LogP contribution in [0.25, 0.3) is 0 Å². The lowest BCUT2D eigenvalue weighted by Gasteiger charge is -2.10. The molecule has 0 radical (unpaired) electrons. The van der Waals surface area contributed by atoms with Crippen molar-refractivity contribution >= 4 is 5.95 Å². The monoisotopic (exact) mass is 291 g/mol. The Hall–Kier alpha value is -1.82. The average Bonchev–Trinajstić information content (AvgIpc) is 3.15. The molecular formula is C15H25N5O. The first-order valence-corrected chi connectivity index (χ1v) is 7.68. The molecule has 0 aliphatic carbocycles. The molecule has 0 bridgehead atoms. The average molecular weight is 291 g/mol. The quantitative estimate of drug-likeness (QED) is 0.646. The summed E-state index contributed by atoms with van der Waals surface area (Å²) in [5.41, 5.74) is 0. The fourth-order valence-electron chi connectivity index (χ4n) is 2.17. The number of imidazole rings is 2. The van der Waals surface area contributed by atoms with Gasteiger partial charge in [0, 0.05) is 57.6 Å². The maximum absolute atomic E-state index is 5.32.